The van der Waals surface area contributed by atoms with Crippen molar-refractivity contribution < 1.29 is 23.4 Å². The molecular weight excluding hydrogens is 576 g/mol. The van der Waals surface area contributed by atoms with Crippen LogP contribution in [-0.2, 0) is 13.1 Å². The lowest BCUT2D eigenvalue weighted by Gasteiger charge is -2.35. The van der Waals surface area contributed by atoms with Crippen LogP contribution >= 0.6 is 11.6 Å². The molecule has 3 heterocycles. The summed E-state index contributed by atoms with van der Waals surface area (Å²) in [5.74, 6) is -1.26. The van der Waals surface area contributed by atoms with E-state index in [9.17, 15) is 19.6 Å². The molecule has 43 heavy (non-hydrogen) atoms. The number of halogens is 3. The van der Waals surface area contributed by atoms with E-state index in [1.54, 1.807) is 12.3 Å². The third kappa shape index (κ3) is 6.01. The molecule has 2 aromatic carbocycles. The zero-order valence-corrected chi connectivity index (χ0v) is 24.6. The molecule has 2 aliphatic heterocycles. The van der Waals surface area contributed by atoms with E-state index in [1.165, 1.54) is 18.2 Å². The molecule has 8 nitrogen and oxygen atoms in total. The third-order valence-corrected chi connectivity index (χ3v) is 9.43. The Balaban J connectivity index is 1.17. The van der Waals surface area contributed by atoms with Gasteiger partial charge < -0.3 is 14.4 Å². The van der Waals surface area contributed by atoms with Crippen LogP contribution in [0.2, 0.25) is 5.02 Å². The van der Waals surface area contributed by atoms with Crippen molar-refractivity contribution in [1.82, 2.24) is 14.5 Å². The van der Waals surface area contributed by atoms with Crippen LogP contribution in [0.4, 0.5) is 8.78 Å². The number of benzene rings is 2. The van der Waals surface area contributed by atoms with Crippen LogP contribution < -0.4 is 4.74 Å². The van der Waals surface area contributed by atoms with Gasteiger partial charge in [-0.15, -0.1) is 0 Å². The molecule has 2 atom stereocenters. The molecule has 0 radical (unpaired) electrons. The Labute approximate surface area is 253 Å². The second-order valence-electron chi connectivity index (χ2n) is 12.4. The Bertz CT molecular complexity index is 1690. The number of carbonyl (C=O) groups is 1. The highest BCUT2D eigenvalue weighted by Crippen LogP contribution is 2.51. The van der Waals surface area contributed by atoms with E-state index in [0.717, 1.165) is 44.1 Å². The van der Waals surface area contributed by atoms with Crippen molar-refractivity contribution in [2.75, 3.05) is 19.7 Å². The molecular formula is C32H32ClF2N5O3. The number of imidazole rings is 1. The number of rotatable bonds is 10. The molecule has 0 bridgehead atoms. The minimum absolute atomic E-state index is 0.124. The van der Waals surface area contributed by atoms with Gasteiger partial charge in [0.1, 0.15) is 17.9 Å². The molecule has 1 aliphatic carbocycles. The first-order chi connectivity index (χ1) is 20.6. The topological polar surface area (TPSA) is 104 Å². The number of allylic oxidation sites excluding steroid dienone is 1. The minimum Gasteiger partial charge on any atom is -0.485 e. The molecule has 0 spiro atoms. The molecule has 1 N–H and O–H groups in total. The summed E-state index contributed by atoms with van der Waals surface area (Å²) in [4.78, 5) is 23.1. The fourth-order valence-corrected chi connectivity index (χ4v) is 6.57. The van der Waals surface area contributed by atoms with Crippen molar-refractivity contribution in [1.29, 1.82) is 5.26 Å². The molecule has 1 saturated heterocycles. The normalized spacial score (nSPS) is 22.9. The maximum atomic E-state index is 15.1. The summed E-state index contributed by atoms with van der Waals surface area (Å²) in [5.41, 5.74) is 0.948. The van der Waals surface area contributed by atoms with E-state index in [0.29, 0.717) is 48.2 Å². The maximum absolute atomic E-state index is 15.1. The lowest BCUT2D eigenvalue weighted by molar-refractivity contribution is 0.0696. The Kier molecular flexibility index (Phi) is 7.73. The van der Waals surface area contributed by atoms with Gasteiger partial charge in [0.05, 0.1) is 29.4 Å². The molecule has 1 aromatic heterocycles. The second-order valence-corrected chi connectivity index (χ2v) is 12.8. The Morgan fingerprint density at radius 2 is 2.07 bits per heavy atom. The monoisotopic (exact) mass is 607 g/mol. The van der Waals surface area contributed by atoms with Gasteiger partial charge in [0.25, 0.3) is 0 Å². The second kappa shape index (κ2) is 11.4. The standard InChI is InChI=1S/C32H32ClF2N5O3/c1-31(8-10-37-23(15-31)18-43-27-3-2-22(33)14-24(27)34)21-4-11-39(16-21)17-28-38-29-25(35)12-20(30(41)42)13-26(29)40(28)19-32(5-6-32)7-9-36/h2-3,8,10,12-14,21H,4-7,11,15-19H2,1H3,(H,41,42)/t21-,31?/m1/s1. The Hall–Kier alpha value is -3.81. The lowest BCUT2D eigenvalue weighted by Crippen LogP contribution is -2.34. The van der Waals surface area contributed by atoms with E-state index in [4.69, 9.17) is 16.3 Å². The van der Waals surface area contributed by atoms with Crippen molar-refractivity contribution in [2.24, 2.45) is 21.7 Å². The number of nitrogens with zero attached hydrogens (tertiary/aromatic N) is 5. The van der Waals surface area contributed by atoms with Gasteiger partial charge in [-0.2, -0.15) is 5.26 Å². The number of carboxylic acid groups (broad SMARTS) is 1. The maximum Gasteiger partial charge on any atom is 0.335 e. The largest absolute Gasteiger partial charge is 0.485 e. The highest BCUT2D eigenvalue weighted by Gasteiger charge is 2.44. The van der Waals surface area contributed by atoms with E-state index in [1.807, 2.05) is 4.57 Å². The van der Waals surface area contributed by atoms with Gasteiger partial charge in [0.15, 0.2) is 17.4 Å². The Morgan fingerprint density at radius 3 is 2.79 bits per heavy atom. The summed E-state index contributed by atoms with van der Waals surface area (Å²) < 4.78 is 36.9. The SMILES string of the molecule is CC1([C@@H]2CCN(Cc3nc4c(F)cc(C(=O)O)cc4n3CC3(CC#N)CC3)C2)C=CN=C(COc2ccc(Cl)cc2F)C1. The van der Waals surface area contributed by atoms with Crippen molar-refractivity contribution in [3.8, 4) is 11.8 Å². The molecule has 2 fully saturated rings. The summed E-state index contributed by atoms with van der Waals surface area (Å²) >= 11 is 5.85. The third-order valence-electron chi connectivity index (χ3n) is 9.19. The lowest BCUT2D eigenvalue weighted by atomic mass is 9.72. The number of nitriles is 1. The Morgan fingerprint density at radius 1 is 1.26 bits per heavy atom. The van der Waals surface area contributed by atoms with E-state index in [-0.39, 0.29) is 34.3 Å². The van der Waals surface area contributed by atoms with E-state index < -0.39 is 17.6 Å². The molecule has 224 valence electrons. The van der Waals surface area contributed by atoms with Crippen LogP contribution in [0.15, 0.2) is 47.6 Å². The van der Waals surface area contributed by atoms with Gasteiger partial charge in [-0.1, -0.05) is 24.6 Å². The highest BCUT2D eigenvalue weighted by molar-refractivity contribution is 6.30. The van der Waals surface area contributed by atoms with Gasteiger partial charge in [-0.3, -0.25) is 9.89 Å². The van der Waals surface area contributed by atoms with E-state index in [2.05, 4.69) is 33.9 Å². The van der Waals surface area contributed by atoms with Gasteiger partial charge in [-0.05, 0) is 73.9 Å². The van der Waals surface area contributed by atoms with Crippen LogP contribution in [-0.4, -0.2) is 50.9 Å². The first kappa shape index (κ1) is 29.3. The quantitative estimate of drug-likeness (QED) is 0.278. The zero-order valence-electron chi connectivity index (χ0n) is 23.8. The summed E-state index contributed by atoms with van der Waals surface area (Å²) in [5, 5.41) is 19.2. The molecule has 3 aliphatic rings. The molecule has 1 saturated carbocycles. The highest BCUT2D eigenvalue weighted by atomic mass is 35.5. The molecule has 6 rings (SSSR count). The molecule has 0 amide bonds. The van der Waals surface area contributed by atoms with Crippen LogP contribution in [0.3, 0.4) is 0 Å². The average Bonchev–Trinajstić information content (AvgIpc) is 3.39. The number of aromatic nitrogens is 2. The van der Waals surface area contributed by atoms with Crippen LogP contribution in [0.5, 0.6) is 5.75 Å². The van der Waals surface area contributed by atoms with Gasteiger partial charge >= 0.3 is 5.97 Å². The van der Waals surface area contributed by atoms with Crippen LogP contribution in [0.25, 0.3) is 11.0 Å². The van der Waals surface area contributed by atoms with Crippen molar-refractivity contribution in [2.45, 2.75) is 52.1 Å². The number of hydrogen-bond acceptors (Lipinski definition) is 6. The summed E-state index contributed by atoms with van der Waals surface area (Å²) in [6.07, 6.45) is 7.74. The van der Waals surface area contributed by atoms with E-state index >= 15 is 4.39 Å². The summed E-state index contributed by atoms with van der Waals surface area (Å²) in [6, 6.07) is 9.09. The number of aromatic carboxylic acids is 1. The molecule has 1 unspecified atom stereocenters. The predicted octanol–water partition coefficient (Wildman–Crippen LogP) is 6.63. The van der Waals surface area contributed by atoms with Gasteiger partial charge in [0, 0.05) is 36.1 Å². The first-order valence-electron chi connectivity index (χ1n) is 14.4. The summed E-state index contributed by atoms with van der Waals surface area (Å²) in [7, 11) is 0. The number of ether oxygens (including phenoxy) is 1. The number of aliphatic imine (C=N–C) groups is 1. The number of carboxylic acids is 1. The van der Waals surface area contributed by atoms with Gasteiger partial charge in [-0.25, -0.2) is 18.6 Å². The smallest absolute Gasteiger partial charge is 0.335 e. The molecule has 11 heteroatoms. The number of hydrogen-bond donors (Lipinski definition) is 1. The molecule has 3 aromatic rings. The van der Waals surface area contributed by atoms with Crippen molar-refractivity contribution >= 4 is 34.3 Å². The first-order valence-corrected chi connectivity index (χ1v) is 14.8. The van der Waals surface area contributed by atoms with Crippen LogP contribution in [0, 0.1) is 39.7 Å². The van der Waals surface area contributed by atoms with Crippen molar-refractivity contribution in [3.05, 3.63) is 70.7 Å². The minimum atomic E-state index is -1.20. The number of fused-ring (bicyclic) bond motifs is 1. The average molecular weight is 608 g/mol. The number of likely N-dealkylation sites (tertiary alicyclic amines) is 1. The zero-order chi connectivity index (χ0) is 30.4. The fraction of sp³-hybridized carbons (Fsp3) is 0.438. The van der Waals surface area contributed by atoms with Crippen LogP contribution in [0.1, 0.15) is 55.2 Å². The van der Waals surface area contributed by atoms with Crippen molar-refractivity contribution in [3.63, 3.8) is 0 Å². The fourth-order valence-electron chi connectivity index (χ4n) is 6.41. The van der Waals surface area contributed by atoms with Gasteiger partial charge in [0.2, 0.25) is 0 Å². The predicted molar refractivity (Wildman–Crippen MR) is 158 cm³/mol. The summed E-state index contributed by atoms with van der Waals surface area (Å²) in [6.45, 7) is 4.97.